The Bertz CT molecular complexity index is 330. The molecule has 0 bridgehead atoms. The zero-order valence-electron chi connectivity index (χ0n) is 8.37. The van der Waals surface area contributed by atoms with E-state index in [4.69, 9.17) is 5.26 Å². The lowest BCUT2D eigenvalue weighted by Crippen LogP contribution is -2.33. The van der Waals surface area contributed by atoms with E-state index < -0.39 is 0 Å². The van der Waals surface area contributed by atoms with Gasteiger partial charge in [-0.05, 0) is 30.2 Å². The van der Waals surface area contributed by atoms with Crippen molar-refractivity contribution in [3.63, 3.8) is 0 Å². The second-order valence-corrected chi connectivity index (χ2v) is 4.16. The lowest BCUT2D eigenvalue weighted by molar-refractivity contribution is 0.228. The molecule has 1 fully saturated rings. The standard InChI is InChI=1S/C13H15N/c14-11-5-10-13(8-4-9-13)12-6-2-1-3-7-12/h1-3,6-7H,4-5,8-10H2. The molecule has 0 aromatic heterocycles. The first-order valence-corrected chi connectivity index (χ1v) is 5.30. The van der Waals surface area contributed by atoms with Crippen LogP contribution in [0.25, 0.3) is 0 Å². The summed E-state index contributed by atoms with van der Waals surface area (Å²) < 4.78 is 0. The fourth-order valence-corrected chi connectivity index (χ4v) is 2.37. The van der Waals surface area contributed by atoms with Gasteiger partial charge in [0.25, 0.3) is 0 Å². The summed E-state index contributed by atoms with van der Waals surface area (Å²) in [6.45, 7) is 0. The highest BCUT2D eigenvalue weighted by molar-refractivity contribution is 5.27. The maximum absolute atomic E-state index is 8.65. The average Bonchev–Trinajstić information content (AvgIpc) is 2.18. The van der Waals surface area contributed by atoms with E-state index in [1.165, 1.54) is 24.8 Å². The summed E-state index contributed by atoms with van der Waals surface area (Å²) in [5.41, 5.74) is 1.78. The molecule has 1 saturated carbocycles. The molecule has 1 aliphatic carbocycles. The van der Waals surface area contributed by atoms with E-state index in [1.54, 1.807) is 0 Å². The van der Waals surface area contributed by atoms with E-state index in [-0.39, 0.29) is 0 Å². The van der Waals surface area contributed by atoms with Crippen molar-refractivity contribution in [3.05, 3.63) is 35.9 Å². The zero-order valence-corrected chi connectivity index (χ0v) is 8.37. The molecule has 1 nitrogen and oxygen atoms in total. The molecule has 0 heterocycles. The molecule has 72 valence electrons. The molecule has 14 heavy (non-hydrogen) atoms. The van der Waals surface area contributed by atoms with Crippen molar-refractivity contribution in [2.45, 2.75) is 37.5 Å². The van der Waals surface area contributed by atoms with E-state index in [1.807, 2.05) is 0 Å². The van der Waals surface area contributed by atoms with Crippen LogP contribution in [-0.2, 0) is 5.41 Å². The van der Waals surface area contributed by atoms with Crippen LogP contribution in [0.5, 0.6) is 0 Å². The number of rotatable bonds is 3. The van der Waals surface area contributed by atoms with Gasteiger partial charge in [0.05, 0.1) is 6.07 Å². The van der Waals surface area contributed by atoms with Gasteiger partial charge in [-0.1, -0.05) is 36.8 Å². The van der Waals surface area contributed by atoms with Crippen molar-refractivity contribution in [3.8, 4) is 6.07 Å². The molecular formula is C13H15N. The van der Waals surface area contributed by atoms with Gasteiger partial charge in [-0.2, -0.15) is 5.26 Å². The third kappa shape index (κ3) is 1.53. The minimum absolute atomic E-state index is 0.344. The van der Waals surface area contributed by atoms with Crippen molar-refractivity contribution >= 4 is 0 Å². The normalized spacial score (nSPS) is 18.2. The van der Waals surface area contributed by atoms with Crippen LogP contribution < -0.4 is 0 Å². The molecule has 1 aliphatic rings. The smallest absolute Gasteiger partial charge is 0.0622 e. The molecule has 0 saturated heterocycles. The SMILES string of the molecule is N#CCCC1(c2ccccc2)CCC1. The van der Waals surface area contributed by atoms with Gasteiger partial charge in [0.1, 0.15) is 0 Å². The van der Waals surface area contributed by atoms with Gasteiger partial charge in [0.2, 0.25) is 0 Å². The first-order valence-electron chi connectivity index (χ1n) is 5.30. The van der Waals surface area contributed by atoms with Crippen molar-refractivity contribution in [2.24, 2.45) is 0 Å². The van der Waals surface area contributed by atoms with Gasteiger partial charge in [-0.25, -0.2) is 0 Å². The Morgan fingerprint density at radius 1 is 1.21 bits per heavy atom. The van der Waals surface area contributed by atoms with Gasteiger partial charge in [0.15, 0.2) is 0 Å². The fourth-order valence-electron chi connectivity index (χ4n) is 2.37. The molecule has 0 aliphatic heterocycles. The molecule has 0 unspecified atom stereocenters. The number of nitrogens with zero attached hydrogens (tertiary/aromatic N) is 1. The second kappa shape index (κ2) is 3.84. The van der Waals surface area contributed by atoms with Crippen LogP contribution in [0, 0.1) is 11.3 Å². The van der Waals surface area contributed by atoms with Crippen molar-refractivity contribution in [1.82, 2.24) is 0 Å². The van der Waals surface area contributed by atoms with Crippen molar-refractivity contribution in [1.29, 1.82) is 5.26 Å². The van der Waals surface area contributed by atoms with Gasteiger partial charge < -0.3 is 0 Å². The minimum Gasteiger partial charge on any atom is -0.198 e. The maximum Gasteiger partial charge on any atom is 0.0622 e. The lowest BCUT2D eigenvalue weighted by atomic mass is 9.62. The van der Waals surface area contributed by atoms with Crippen LogP contribution >= 0.6 is 0 Å². The van der Waals surface area contributed by atoms with Crippen LogP contribution in [0.15, 0.2) is 30.3 Å². The van der Waals surface area contributed by atoms with Crippen LogP contribution in [0.4, 0.5) is 0 Å². The van der Waals surface area contributed by atoms with E-state index in [0.717, 1.165) is 6.42 Å². The molecule has 0 spiro atoms. The topological polar surface area (TPSA) is 23.8 Å². The van der Waals surface area contributed by atoms with Gasteiger partial charge in [-0.15, -0.1) is 0 Å². The largest absolute Gasteiger partial charge is 0.198 e. The quantitative estimate of drug-likeness (QED) is 0.708. The number of nitriles is 1. The highest BCUT2D eigenvalue weighted by atomic mass is 14.4. The van der Waals surface area contributed by atoms with Crippen molar-refractivity contribution < 1.29 is 0 Å². The molecule has 1 aromatic rings. The van der Waals surface area contributed by atoms with Crippen LogP contribution in [0.1, 0.15) is 37.7 Å². The Balaban J connectivity index is 2.17. The van der Waals surface area contributed by atoms with Crippen LogP contribution in [0.3, 0.4) is 0 Å². The van der Waals surface area contributed by atoms with Crippen molar-refractivity contribution in [2.75, 3.05) is 0 Å². The average molecular weight is 185 g/mol. The highest BCUT2D eigenvalue weighted by Gasteiger charge is 2.37. The number of benzene rings is 1. The second-order valence-electron chi connectivity index (χ2n) is 4.16. The number of hydrogen-bond acceptors (Lipinski definition) is 1. The first kappa shape index (κ1) is 9.27. The van der Waals surface area contributed by atoms with E-state index in [0.29, 0.717) is 11.8 Å². The third-order valence-corrected chi connectivity index (χ3v) is 3.41. The molecule has 0 atom stereocenters. The molecule has 0 N–H and O–H groups in total. The summed E-state index contributed by atoms with van der Waals surface area (Å²) in [6.07, 6.45) is 5.57. The highest BCUT2D eigenvalue weighted by Crippen LogP contribution is 2.46. The third-order valence-electron chi connectivity index (χ3n) is 3.41. The zero-order chi connectivity index (χ0) is 9.86. The lowest BCUT2D eigenvalue weighted by Gasteiger charge is -2.42. The van der Waals surface area contributed by atoms with Gasteiger partial charge in [0, 0.05) is 6.42 Å². The Labute approximate surface area is 85.4 Å². The van der Waals surface area contributed by atoms with Crippen LogP contribution in [-0.4, -0.2) is 0 Å². The molecule has 1 aromatic carbocycles. The molecule has 1 heteroatoms. The maximum atomic E-state index is 8.65. The Morgan fingerprint density at radius 2 is 1.93 bits per heavy atom. The predicted octanol–water partition coefficient (Wildman–Crippen LogP) is 3.41. The van der Waals surface area contributed by atoms with E-state index >= 15 is 0 Å². The summed E-state index contributed by atoms with van der Waals surface area (Å²) >= 11 is 0. The summed E-state index contributed by atoms with van der Waals surface area (Å²) in [5.74, 6) is 0. The minimum atomic E-state index is 0.344. The number of hydrogen-bond donors (Lipinski definition) is 0. The van der Waals surface area contributed by atoms with Gasteiger partial charge in [-0.3, -0.25) is 0 Å². The predicted molar refractivity (Wildman–Crippen MR) is 56.8 cm³/mol. The molecule has 0 amide bonds. The molecule has 2 rings (SSSR count). The Morgan fingerprint density at radius 3 is 2.43 bits per heavy atom. The van der Waals surface area contributed by atoms with Gasteiger partial charge >= 0.3 is 0 Å². The first-order chi connectivity index (χ1) is 6.87. The molecule has 0 radical (unpaired) electrons. The Hall–Kier alpha value is -1.29. The van der Waals surface area contributed by atoms with Crippen LogP contribution in [0.2, 0.25) is 0 Å². The van der Waals surface area contributed by atoms with E-state index in [9.17, 15) is 0 Å². The fraction of sp³-hybridized carbons (Fsp3) is 0.462. The monoisotopic (exact) mass is 185 g/mol. The molecular weight excluding hydrogens is 170 g/mol. The van der Waals surface area contributed by atoms with E-state index in [2.05, 4.69) is 36.4 Å². The summed E-state index contributed by atoms with van der Waals surface area (Å²) in [4.78, 5) is 0. The summed E-state index contributed by atoms with van der Waals surface area (Å²) in [6, 6.07) is 12.9. The summed E-state index contributed by atoms with van der Waals surface area (Å²) in [5, 5.41) is 8.65. The Kier molecular flexibility index (Phi) is 2.54. The summed E-state index contributed by atoms with van der Waals surface area (Å²) in [7, 11) is 0.